The van der Waals surface area contributed by atoms with Crippen LogP contribution in [0.25, 0.3) is 0 Å². The maximum Gasteiger partial charge on any atom is 0.323 e. The van der Waals surface area contributed by atoms with Crippen LogP contribution in [0.4, 0.5) is 0 Å². The van der Waals surface area contributed by atoms with Crippen LogP contribution in [-0.2, 0) is 9.59 Å². The van der Waals surface area contributed by atoms with Gasteiger partial charge in [0.15, 0.2) is 0 Å². The predicted octanol–water partition coefficient (Wildman–Crippen LogP) is -1.36. The summed E-state index contributed by atoms with van der Waals surface area (Å²) >= 11 is 0. The van der Waals surface area contributed by atoms with Gasteiger partial charge in [-0.15, -0.1) is 0 Å². The first-order valence-corrected chi connectivity index (χ1v) is 2.71. The van der Waals surface area contributed by atoms with Gasteiger partial charge in [0.05, 0.1) is 6.10 Å². The fourth-order valence-corrected chi connectivity index (χ4v) is 0.206. The topological polar surface area (TPSA) is 156 Å². The Bertz CT molecular complexity index is 127. The summed E-state index contributed by atoms with van der Waals surface area (Å²) in [5.41, 5.74) is 4.91. The number of aliphatic hydroxyl groups excluding tert-OH is 1. The van der Waals surface area contributed by atoms with E-state index in [9.17, 15) is 4.79 Å². The minimum Gasteiger partial charge on any atom is -0.483 e. The normalized spacial score (nSPS) is 12.6. The third-order valence-corrected chi connectivity index (χ3v) is 0.805. The summed E-state index contributed by atoms with van der Waals surface area (Å²) in [7, 11) is 0. The molecule has 0 fully saturated rings. The van der Waals surface area contributed by atoms with E-state index in [0.29, 0.717) is 0 Å². The van der Waals surface area contributed by atoms with Crippen LogP contribution in [0, 0.1) is 0 Å². The van der Waals surface area contributed by atoms with Crippen molar-refractivity contribution in [3.63, 3.8) is 0 Å². The zero-order valence-electron chi connectivity index (χ0n) is 6.67. The molecule has 0 amide bonds. The number of carboxylic acid groups (broad SMARTS) is 2. The van der Waals surface area contributed by atoms with E-state index < -0.39 is 18.1 Å². The molecular formula is C5H14N2O5. The van der Waals surface area contributed by atoms with E-state index in [2.05, 4.69) is 0 Å². The highest BCUT2D eigenvalue weighted by atomic mass is 16.4. The average Bonchev–Trinajstić information content (AvgIpc) is 1.87. The van der Waals surface area contributed by atoms with Crippen LogP contribution in [0.5, 0.6) is 0 Å². The third kappa shape index (κ3) is 11.6. The van der Waals surface area contributed by atoms with Crippen LogP contribution in [0.15, 0.2) is 0 Å². The molecule has 0 saturated heterocycles. The molecule has 8 N–H and O–H groups in total. The van der Waals surface area contributed by atoms with Gasteiger partial charge in [-0.3, -0.25) is 9.59 Å². The molecule has 0 aromatic heterocycles. The standard InChI is InChI=1S/C4H9NO3.CH2O2.H3N/c1-2(6)3(5)4(7)8;2-1-3;/h2-3,6H,5H2,1H3,(H,7,8);1H,(H,2,3);1H3. The van der Waals surface area contributed by atoms with Crippen molar-refractivity contribution in [3.8, 4) is 0 Å². The van der Waals surface area contributed by atoms with Crippen LogP contribution in [-0.4, -0.2) is 39.9 Å². The first-order valence-electron chi connectivity index (χ1n) is 2.71. The lowest BCUT2D eigenvalue weighted by Gasteiger charge is -2.06. The Morgan fingerprint density at radius 2 is 1.83 bits per heavy atom. The summed E-state index contributed by atoms with van der Waals surface area (Å²) in [6, 6.07) is -1.16. The van der Waals surface area contributed by atoms with Crippen LogP contribution in [0.2, 0.25) is 0 Å². The second-order valence-corrected chi connectivity index (χ2v) is 1.71. The lowest BCUT2D eigenvalue weighted by Crippen LogP contribution is -2.39. The summed E-state index contributed by atoms with van der Waals surface area (Å²) < 4.78 is 0. The molecule has 0 aliphatic carbocycles. The largest absolute Gasteiger partial charge is 0.483 e. The number of carboxylic acids is 1. The number of carbonyl (C=O) groups is 2. The number of hydrogen-bond donors (Lipinski definition) is 5. The van der Waals surface area contributed by atoms with Crippen LogP contribution in [0.3, 0.4) is 0 Å². The summed E-state index contributed by atoms with van der Waals surface area (Å²) in [6.45, 7) is 1.08. The van der Waals surface area contributed by atoms with E-state index in [-0.39, 0.29) is 12.6 Å². The van der Waals surface area contributed by atoms with Crippen molar-refractivity contribution in [3.05, 3.63) is 0 Å². The van der Waals surface area contributed by atoms with Gasteiger partial charge in [0.25, 0.3) is 6.47 Å². The van der Waals surface area contributed by atoms with E-state index in [0.717, 1.165) is 0 Å². The molecule has 74 valence electrons. The van der Waals surface area contributed by atoms with E-state index in [4.69, 9.17) is 25.8 Å². The predicted molar refractivity (Wildman–Crippen MR) is 41.0 cm³/mol. The molecule has 7 nitrogen and oxygen atoms in total. The minimum atomic E-state index is -1.18. The van der Waals surface area contributed by atoms with Gasteiger partial charge in [0.1, 0.15) is 6.04 Å². The first-order chi connectivity index (χ1) is 4.97. The van der Waals surface area contributed by atoms with E-state index in [1.807, 2.05) is 0 Å². The first kappa shape index (κ1) is 17.1. The zero-order chi connectivity index (χ0) is 9.44. The lowest BCUT2D eigenvalue weighted by molar-refractivity contribution is -0.140. The van der Waals surface area contributed by atoms with Gasteiger partial charge in [0, 0.05) is 0 Å². The van der Waals surface area contributed by atoms with Gasteiger partial charge in [-0.05, 0) is 6.92 Å². The van der Waals surface area contributed by atoms with Gasteiger partial charge in [-0.1, -0.05) is 0 Å². The lowest BCUT2D eigenvalue weighted by atomic mass is 10.2. The van der Waals surface area contributed by atoms with Gasteiger partial charge in [-0.25, -0.2) is 0 Å². The van der Waals surface area contributed by atoms with Crippen molar-refractivity contribution >= 4 is 12.4 Å². The van der Waals surface area contributed by atoms with Crippen LogP contribution in [0.1, 0.15) is 6.92 Å². The number of nitrogens with two attached hydrogens (primary N) is 1. The molecular weight excluding hydrogens is 168 g/mol. The van der Waals surface area contributed by atoms with Gasteiger partial charge in [0.2, 0.25) is 0 Å². The molecule has 0 heterocycles. The van der Waals surface area contributed by atoms with E-state index in [1.165, 1.54) is 6.92 Å². The quantitative estimate of drug-likeness (QED) is 0.330. The van der Waals surface area contributed by atoms with Gasteiger partial charge < -0.3 is 27.2 Å². The zero-order valence-corrected chi connectivity index (χ0v) is 6.67. The van der Waals surface area contributed by atoms with Crippen LogP contribution < -0.4 is 11.9 Å². The van der Waals surface area contributed by atoms with Crippen molar-refractivity contribution in [2.75, 3.05) is 0 Å². The fourth-order valence-electron chi connectivity index (χ4n) is 0.206. The molecule has 12 heavy (non-hydrogen) atoms. The molecule has 0 aromatic carbocycles. The van der Waals surface area contributed by atoms with E-state index >= 15 is 0 Å². The number of rotatable bonds is 2. The Morgan fingerprint density at radius 1 is 1.58 bits per heavy atom. The number of aliphatic hydroxyl groups is 1. The fraction of sp³-hybridized carbons (Fsp3) is 0.600. The highest BCUT2D eigenvalue weighted by Gasteiger charge is 2.16. The van der Waals surface area contributed by atoms with Crippen LogP contribution >= 0.6 is 0 Å². The number of hydrogen-bond acceptors (Lipinski definition) is 5. The average molecular weight is 182 g/mol. The smallest absolute Gasteiger partial charge is 0.323 e. The molecule has 0 aliphatic heterocycles. The van der Waals surface area contributed by atoms with Crippen molar-refractivity contribution in [1.82, 2.24) is 6.15 Å². The molecule has 0 rings (SSSR count). The van der Waals surface area contributed by atoms with E-state index in [1.54, 1.807) is 0 Å². The van der Waals surface area contributed by atoms with Crippen molar-refractivity contribution in [2.45, 2.75) is 19.1 Å². The van der Waals surface area contributed by atoms with Crippen molar-refractivity contribution in [2.24, 2.45) is 5.73 Å². The molecule has 7 heteroatoms. The molecule has 2 unspecified atom stereocenters. The summed E-state index contributed by atoms with van der Waals surface area (Å²) in [6.07, 6.45) is -0.979. The molecule has 2 atom stereocenters. The molecule has 0 bridgehead atoms. The molecule has 0 aromatic rings. The molecule has 0 saturated carbocycles. The molecule has 0 spiro atoms. The Hall–Kier alpha value is -1.18. The Balaban J connectivity index is -0.000000177. The Labute approximate surface area is 69.4 Å². The Morgan fingerprint density at radius 3 is 1.83 bits per heavy atom. The van der Waals surface area contributed by atoms with Crippen molar-refractivity contribution in [1.29, 1.82) is 0 Å². The molecule has 0 aliphatic rings. The minimum absolute atomic E-state index is 0. The monoisotopic (exact) mass is 182 g/mol. The number of aliphatic carboxylic acids is 1. The highest BCUT2D eigenvalue weighted by molar-refractivity contribution is 5.73. The maximum absolute atomic E-state index is 9.86. The summed E-state index contributed by atoms with van der Waals surface area (Å²) in [4.78, 5) is 18.2. The highest BCUT2D eigenvalue weighted by Crippen LogP contribution is 1.85. The summed E-state index contributed by atoms with van der Waals surface area (Å²) in [5, 5.41) is 23.4. The molecule has 0 radical (unpaired) electrons. The second-order valence-electron chi connectivity index (χ2n) is 1.71. The van der Waals surface area contributed by atoms with Gasteiger partial charge in [-0.2, -0.15) is 0 Å². The van der Waals surface area contributed by atoms with Gasteiger partial charge >= 0.3 is 5.97 Å². The SMILES string of the molecule is CC(O)C(N)C(=O)O.N.O=CO. The Kier molecular flexibility index (Phi) is 14.0. The third-order valence-electron chi connectivity index (χ3n) is 0.805. The second kappa shape index (κ2) is 9.82. The van der Waals surface area contributed by atoms with Crippen molar-refractivity contribution < 1.29 is 24.9 Å². The maximum atomic E-state index is 9.86. The summed E-state index contributed by atoms with van der Waals surface area (Å²) in [5.74, 6) is -1.18.